The van der Waals surface area contributed by atoms with Gasteiger partial charge in [0.2, 0.25) is 0 Å². The topological polar surface area (TPSA) is 135 Å². The van der Waals surface area contributed by atoms with Crippen LogP contribution in [0.2, 0.25) is 5.02 Å². The molecule has 0 bridgehead atoms. The number of hydrogen-bond acceptors (Lipinski definition) is 7. The molecule has 1 aliphatic rings. The molecular formula is C30H32ClN7O5. The van der Waals surface area contributed by atoms with Gasteiger partial charge in [-0.3, -0.25) is 9.69 Å². The summed E-state index contributed by atoms with van der Waals surface area (Å²) in [6.45, 7) is 3.11. The summed E-state index contributed by atoms with van der Waals surface area (Å²) < 4.78 is 12.6. The summed E-state index contributed by atoms with van der Waals surface area (Å²) in [5, 5.41) is 5.62. The molecule has 0 aliphatic carbocycles. The number of aromatic nitrogens is 2. The molecule has 13 heteroatoms. The maximum atomic E-state index is 14.1. The third-order valence-electron chi connectivity index (χ3n) is 7.33. The van der Waals surface area contributed by atoms with E-state index < -0.39 is 18.1 Å². The molecule has 5 rings (SSSR count). The first-order valence-electron chi connectivity index (χ1n) is 13.6. The van der Waals surface area contributed by atoms with Crippen molar-refractivity contribution in [3.05, 3.63) is 87.9 Å². The Balaban J connectivity index is 1.66. The average Bonchev–Trinajstić information content (AvgIpc) is 3.01. The van der Waals surface area contributed by atoms with Gasteiger partial charge in [0.15, 0.2) is 5.82 Å². The van der Waals surface area contributed by atoms with Crippen LogP contribution in [0.3, 0.4) is 0 Å². The van der Waals surface area contributed by atoms with Gasteiger partial charge in [-0.25, -0.2) is 19.2 Å². The fourth-order valence-electron chi connectivity index (χ4n) is 5.14. The second kappa shape index (κ2) is 12.5. The average molecular weight is 606 g/mol. The Morgan fingerprint density at radius 1 is 1.00 bits per heavy atom. The first-order valence-corrected chi connectivity index (χ1v) is 14.0. The Morgan fingerprint density at radius 3 is 2.42 bits per heavy atom. The van der Waals surface area contributed by atoms with Crippen LogP contribution in [0.4, 0.5) is 21.0 Å². The van der Waals surface area contributed by atoms with Gasteiger partial charge in [-0.05, 0) is 49.4 Å². The molecule has 43 heavy (non-hydrogen) atoms. The zero-order valence-electron chi connectivity index (χ0n) is 24.0. The number of primary amides is 1. The molecule has 3 aromatic carbocycles. The number of piperazine rings is 1. The van der Waals surface area contributed by atoms with Crippen molar-refractivity contribution in [3.8, 4) is 11.5 Å². The van der Waals surface area contributed by atoms with E-state index in [0.29, 0.717) is 70.8 Å². The number of ether oxygens (including phenoxy) is 2. The van der Waals surface area contributed by atoms with Crippen LogP contribution in [0.25, 0.3) is 10.9 Å². The Kier molecular flexibility index (Phi) is 8.58. The van der Waals surface area contributed by atoms with Crippen molar-refractivity contribution in [2.75, 3.05) is 55.6 Å². The third-order valence-corrected chi connectivity index (χ3v) is 7.57. The number of rotatable bonds is 7. The van der Waals surface area contributed by atoms with Crippen LogP contribution in [-0.4, -0.2) is 67.0 Å². The molecule has 224 valence electrons. The van der Waals surface area contributed by atoms with Crippen LogP contribution in [0.5, 0.6) is 11.5 Å². The number of nitrogens with two attached hydrogens (primary N) is 1. The number of para-hydroxylation sites is 1. The van der Waals surface area contributed by atoms with Crippen molar-refractivity contribution in [2.45, 2.75) is 13.0 Å². The lowest BCUT2D eigenvalue weighted by molar-refractivity contribution is 0.199. The minimum Gasteiger partial charge on any atom is -0.497 e. The largest absolute Gasteiger partial charge is 0.497 e. The van der Waals surface area contributed by atoms with E-state index in [1.807, 2.05) is 5.01 Å². The molecule has 1 saturated heterocycles. The van der Waals surface area contributed by atoms with Gasteiger partial charge in [-0.15, -0.1) is 0 Å². The predicted molar refractivity (Wildman–Crippen MR) is 166 cm³/mol. The quantitative estimate of drug-likeness (QED) is 0.322. The van der Waals surface area contributed by atoms with Crippen molar-refractivity contribution >= 4 is 45.9 Å². The first kappa shape index (κ1) is 29.5. The van der Waals surface area contributed by atoms with Gasteiger partial charge in [0.05, 0.1) is 49.9 Å². The fourth-order valence-corrected chi connectivity index (χ4v) is 5.33. The van der Waals surface area contributed by atoms with Crippen LogP contribution in [0, 0.1) is 0 Å². The highest BCUT2D eigenvalue weighted by molar-refractivity contribution is 6.31. The minimum atomic E-state index is -0.798. The van der Waals surface area contributed by atoms with E-state index in [4.69, 9.17) is 31.8 Å². The molecule has 0 radical (unpaired) electrons. The lowest BCUT2D eigenvalue weighted by Crippen LogP contribution is -2.57. The molecule has 1 unspecified atom stereocenters. The molecule has 4 amide bonds. The van der Waals surface area contributed by atoms with Crippen molar-refractivity contribution in [1.29, 1.82) is 0 Å². The molecule has 1 fully saturated rings. The van der Waals surface area contributed by atoms with Gasteiger partial charge < -0.3 is 30.4 Å². The van der Waals surface area contributed by atoms with Crippen molar-refractivity contribution < 1.29 is 19.1 Å². The van der Waals surface area contributed by atoms with E-state index in [1.165, 1.54) is 28.7 Å². The predicted octanol–water partition coefficient (Wildman–Crippen LogP) is 4.20. The highest BCUT2D eigenvalue weighted by Crippen LogP contribution is 2.37. The summed E-state index contributed by atoms with van der Waals surface area (Å²) in [6.07, 6.45) is 0. The van der Waals surface area contributed by atoms with Crippen LogP contribution < -0.4 is 36.0 Å². The van der Waals surface area contributed by atoms with Crippen LogP contribution in [-0.2, 0) is 0 Å². The number of benzene rings is 3. The molecule has 0 spiro atoms. The zero-order chi connectivity index (χ0) is 30.7. The fraction of sp³-hybridized carbons (Fsp3) is 0.267. The molecule has 1 aromatic heterocycles. The number of nitrogens with one attached hydrogen (secondary N) is 1. The Labute approximate surface area is 253 Å². The second-order valence-corrected chi connectivity index (χ2v) is 10.3. The standard InChI is InChI=1S/C30H32ClN7O5/c1-19(27-34-24-10-5-4-9-23(24)28(39)38(27)36-15-13-35(14-16-36)29(32)40)37(25-12-11-22(42-2)18-26(25)43-3)30(41)33-21-8-6-7-20(31)17-21/h4-12,17-19H,13-16H2,1-3H3,(H2,32,40)(H,33,41). The number of anilines is 2. The number of urea groups is 2. The molecule has 1 aliphatic heterocycles. The second-order valence-electron chi connectivity index (χ2n) is 9.91. The summed E-state index contributed by atoms with van der Waals surface area (Å²) in [5.41, 5.74) is 6.59. The molecule has 1 atom stereocenters. The number of carbonyl (C=O) groups excluding carboxylic acids is 2. The molecule has 3 N–H and O–H groups in total. The highest BCUT2D eigenvalue weighted by atomic mass is 35.5. The van der Waals surface area contributed by atoms with E-state index in [2.05, 4.69) is 5.32 Å². The van der Waals surface area contributed by atoms with Gasteiger partial charge in [0, 0.05) is 29.9 Å². The summed E-state index contributed by atoms with van der Waals surface area (Å²) in [5.74, 6) is 1.23. The normalized spacial score (nSPS) is 13.9. The Bertz CT molecular complexity index is 1720. The smallest absolute Gasteiger partial charge is 0.327 e. The SMILES string of the molecule is COc1ccc(N(C(=O)Nc2cccc(Cl)c2)C(C)c2nc3ccccc3c(=O)n2N2CCN(C(N)=O)CC2)c(OC)c1. The zero-order valence-corrected chi connectivity index (χ0v) is 24.7. The number of amides is 4. The highest BCUT2D eigenvalue weighted by Gasteiger charge is 2.32. The number of nitrogens with zero attached hydrogens (tertiary/aromatic N) is 5. The van der Waals surface area contributed by atoms with Gasteiger partial charge in [-0.1, -0.05) is 29.8 Å². The molecule has 2 heterocycles. The Hall–Kier alpha value is -4.97. The van der Waals surface area contributed by atoms with E-state index >= 15 is 0 Å². The molecule has 0 saturated carbocycles. The summed E-state index contributed by atoms with van der Waals surface area (Å²) in [6, 6.07) is 17.1. The number of fused-ring (bicyclic) bond motifs is 1. The third kappa shape index (κ3) is 6.00. The Morgan fingerprint density at radius 2 is 1.74 bits per heavy atom. The summed E-state index contributed by atoms with van der Waals surface area (Å²) in [4.78, 5) is 47.8. The van der Waals surface area contributed by atoms with Crippen LogP contribution in [0.1, 0.15) is 18.8 Å². The molecular weight excluding hydrogens is 574 g/mol. The lowest BCUT2D eigenvalue weighted by atomic mass is 10.1. The van der Waals surface area contributed by atoms with E-state index in [-0.39, 0.29) is 5.56 Å². The maximum Gasteiger partial charge on any atom is 0.327 e. The number of methoxy groups -OCH3 is 2. The van der Waals surface area contributed by atoms with Crippen LogP contribution in [0.15, 0.2) is 71.5 Å². The monoisotopic (exact) mass is 605 g/mol. The summed E-state index contributed by atoms with van der Waals surface area (Å²) in [7, 11) is 3.04. The van der Waals surface area contributed by atoms with Crippen LogP contribution >= 0.6 is 11.6 Å². The van der Waals surface area contributed by atoms with Gasteiger partial charge in [0.25, 0.3) is 5.56 Å². The molecule has 12 nitrogen and oxygen atoms in total. The lowest BCUT2D eigenvalue weighted by Gasteiger charge is -2.38. The van der Waals surface area contributed by atoms with E-state index in [0.717, 1.165) is 0 Å². The maximum absolute atomic E-state index is 14.1. The van der Waals surface area contributed by atoms with Crippen molar-refractivity contribution in [3.63, 3.8) is 0 Å². The minimum absolute atomic E-state index is 0.295. The van der Waals surface area contributed by atoms with E-state index in [9.17, 15) is 14.4 Å². The van der Waals surface area contributed by atoms with Crippen molar-refractivity contribution in [1.82, 2.24) is 14.6 Å². The van der Waals surface area contributed by atoms with Gasteiger partial charge in [0.1, 0.15) is 11.5 Å². The first-order chi connectivity index (χ1) is 20.7. The number of carbonyl (C=O) groups is 2. The van der Waals surface area contributed by atoms with E-state index in [1.54, 1.807) is 73.7 Å². The number of halogens is 1. The van der Waals surface area contributed by atoms with Gasteiger partial charge in [-0.2, -0.15) is 0 Å². The number of hydrogen-bond donors (Lipinski definition) is 2. The van der Waals surface area contributed by atoms with Crippen molar-refractivity contribution in [2.24, 2.45) is 5.73 Å². The summed E-state index contributed by atoms with van der Waals surface area (Å²) >= 11 is 6.19. The van der Waals surface area contributed by atoms with Gasteiger partial charge >= 0.3 is 12.1 Å². The molecule has 4 aromatic rings.